The molecule has 0 radical (unpaired) electrons. The molecule has 0 fully saturated rings. The molecule has 0 unspecified atom stereocenters. The molecule has 2 N–H and O–H groups in total. The van der Waals surface area contributed by atoms with E-state index in [4.69, 9.17) is 9.84 Å². The van der Waals surface area contributed by atoms with Gasteiger partial charge in [-0.1, -0.05) is 36.8 Å². The third-order valence-electron chi connectivity index (χ3n) is 3.30. The Morgan fingerprint density at radius 3 is 2.71 bits per heavy atom. The van der Waals surface area contributed by atoms with Crippen LogP contribution in [0, 0.1) is 0 Å². The number of carbonyl (C=O) groups is 2. The Morgan fingerprint density at radius 2 is 1.96 bits per heavy atom. The van der Waals surface area contributed by atoms with Crippen LogP contribution < -0.4 is 5.32 Å². The molecule has 0 bridgehead atoms. The lowest BCUT2D eigenvalue weighted by atomic mass is 10.1. The summed E-state index contributed by atoms with van der Waals surface area (Å²) >= 11 is 1.35. The van der Waals surface area contributed by atoms with E-state index in [-0.39, 0.29) is 13.0 Å². The zero-order chi connectivity index (χ0) is 17.2. The van der Waals surface area contributed by atoms with E-state index in [2.05, 4.69) is 10.3 Å². The van der Waals surface area contributed by atoms with E-state index in [0.717, 1.165) is 30.5 Å². The summed E-state index contributed by atoms with van der Waals surface area (Å²) in [6, 6.07) is 9.46. The van der Waals surface area contributed by atoms with Crippen molar-refractivity contribution in [3.8, 4) is 0 Å². The Labute approximate surface area is 144 Å². The number of anilines is 1. The maximum atomic E-state index is 11.7. The minimum atomic E-state index is -0.760. The number of hydrogen-bond acceptors (Lipinski definition) is 5. The van der Waals surface area contributed by atoms with Gasteiger partial charge in [-0.25, -0.2) is 9.78 Å². The third-order valence-corrected chi connectivity index (χ3v) is 4.10. The number of carboxylic acids is 1. The number of benzene rings is 1. The SMILES string of the molecule is O=C(O)CCCCCc1csc(NC(=O)OCc2ccccc2)n1. The normalized spacial score (nSPS) is 10.3. The number of carbonyl (C=O) groups excluding carboxylic acids is 1. The van der Waals surface area contributed by atoms with Crippen molar-refractivity contribution in [2.75, 3.05) is 5.32 Å². The standard InChI is InChI=1S/C17H20N2O4S/c20-15(21)10-6-2-5-9-14-12-24-16(18-14)19-17(22)23-11-13-7-3-1-4-8-13/h1,3-4,7-8,12H,2,5-6,9-11H2,(H,20,21)(H,18,19,22). The lowest BCUT2D eigenvalue weighted by Crippen LogP contribution is -2.13. The molecule has 2 aromatic rings. The topological polar surface area (TPSA) is 88.5 Å². The number of aryl methyl sites for hydroxylation is 1. The van der Waals surface area contributed by atoms with E-state index >= 15 is 0 Å². The number of nitrogens with zero attached hydrogens (tertiary/aromatic N) is 1. The molecule has 0 spiro atoms. The largest absolute Gasteiger partial charge is 0.481 e. The first-order valence-electron chi connectivity index (χ1n) is 7.77. The molecule has 128 valence electrons. The number of aromatic nitrogens is 1. The van der Waals surface area contributed by atoms with E-state index in [1.54, 1.807) is 0 Å². The molecule has 1 aromatic heterocycles. The molecule has 1 heterocycles. The van der Waals surface area contributed by atoms with Crippen LogP contribution in [0.1, 0.15) is 36.9 Å². The zero-order valence-electron chi connectivity index (χ0n) is 13.2. The molecule has 7 heteroatoms. The van der Waals surface area contributed by atoms with Gasteiger partial charge in [0, 0.05) is 11.8 Å². The number of unbranched alkanes of at least 4 members (excludes halogenated alkanes) is 2. The van der Waals surface area contributed by atoms with Crippen molar-refractivity contribution >= 4 is 28.5 Å². The third kappa shape index (κ3) is 6.78. The summed E-state index contributed by atoms with van der Waals surface area (Å²) in [6.07, 6.45) is 2.87. The molecule has 24 heavy (non-hydrogen) atoms. The van der Waals surface area contributed by atoms with E-state index in [1.165, 1.54) is 11.3 Å². The van der Waals surface area contributed by atoms with Crippen molar-refractivity contribution in [2.45, 2.75) is 38.7 Å². The fourth-order valence-corrected chi connectivity index (χ4v) is 2.82. The van der Waals surface area contributed by atoms with Crippen molar-refractivity contribution in [1.29, 1.82) is 0 Å². The van der Waals surface area contributed by atoms with Gasteiger partial charge in [-0.15, -0.1) is 11.3 Å². The first-order valence-corrected chi connectivity index (χ1v) is 8.65. The summed E-state index contributed by atoms with van der Waals surface area (Å²) in [7, 11) is 0. The van der Waals surface area contributed by atoms with Gasteiger partial charge in [0.05, 0.1) is 5.69 Å². The van der Waals surface area contributed by atoms with Crippen LogP contribution >= 0.6 is 11.3 Å². The lowest BCUT2D eigenvalue weighted by Gasteiger charge is -2.04. The van der Waals surface area contributed by atoms with E-state index < -0.39 is 12.1 Å². The average molecular weight is 348 g/mol. The van der Waals surface area contributed by atoms with Crippen LogP contribution in [-0.2, 0) is 22.6 Å². The number of ether oxygens (including phenoxy) is 1. The van der Waals surface area contributed by atoms with Gasteiger partial charge >= 0.3 is 12.1 Å². The van der Waals surface area contributed by atoms with Crippen molar-refractivity contribution in [2.24, 2.45) is 0 Å². The van der Waals surface area contributed by atoms with Crippen LogP contribution in [0.5, 0.6) is 0 Å². The molecular formula is C17H20N2O4S. The van der Waals surface area contributed by atoms with Gasteiger partial charge in [0.2, 0.25) is 0 Å². The smallest absolute Gasteiger partial charge is 0.413 e. The van der Waals surface area contributed by atoms with Crippen LogP contribution in [0.4, 0.5) is 9.93 Å². The van der Waals surface area contributed by atoms with Gasteiger partial charge in [0.1, 0.15) is 6.61 Å². The number of thiazole rings is 1. The maximum absolute atomic E-state index is 11.7. The first-order chi connectivity index (χ1) is 11.6. The van der Waals surface area contributed by atoms with Crippen LogP contribution in [0.25, 0.3) is 0 Å². The van der Waals surface area contributed by atoms with Gasteiger partial charge in [-0.05, 0) is 24.8 Å². The molecule has 0 aliphatic rings. The van der Waals surface area contributed by atoms with Crippen LogP contribution in [-0.4, -0.2) is 22.2 Å². The molecule has 0 aliphatic carbocycles. The summed E-state index contributed by atoms with van der Waals surface area (Å²) < 4.78 is 5.14. The minimum absolute atomic E-state index is 0.205. The van der Waals surface area contributed by atoms with Gasteiger partial charge in [-0.3, -0.25) is 10.1 Å². The van der Waals surface area contributed by atoms with Crippen LogP contribution in [0.3, 0.4) is 0 Å². The Balaban J connectivity index is 1.67. The van der Waals surface area contributed by atoms with Crippen molar-refractivity contribution in [3.63, 3.8) is 0 Å². The maximum Gasteiger partial charge on any atom is 0.413 e. The number of carboxylic acid groups (broad SMARTS) is 1. The Morgan fingerprint density at radius 1 is 1.17 bits per heavy atom. The predicted molar refractivity (Wildman–Crippen MR) is 92.2 cm³/mol. The highest BCUT2D eigenvalue weighted by molar-refractivity contribution is 7.13. The van der Waals surface area contributed by atoms with Crippen molar-refractivity contribution in [1.82, 2.24) is 4.98 Å². The molecular weight excluding hydrogens is 328 g/mol. The monoisotopic (exact) mass is 348 g/mol. The second-order valence-electron chi connectivity index (χ2n) is 5.29. The summed E-state index contributed by atoms with van der Waals surface area (Å²) in [5.74, 6) is -0.760. The lowest BCUT2D eigenvalue weighted by molar-refractivity contribution is -0.137. The molecule has 1 aromatic carbocycles. The Kier molecular flexibility index (Phi) is 7.22. The number of amides is 1. The molecule has 6 nitrogen and oxygen atoms in total. The van der Waals surface area contributed by atoms with Crippen molar-refractivity contribution < 1.29 is 19.4 Å². The summed E-state index contributed by atoms with van der Waals surface area (Å²) in [4.78, 5) is 26.5. The van der Waals surface area contributed by atoms with Gasteiger partial charge in [0.25, 0.3) is 0 Å². The van der Waals surface area contributed by atoms with E-state index in [1.807, 2.05) is 35.7 Å². The summed E-state index contributed by atoms with van der Waals surface area (Å²) in [5.41, 5.74) is 1.82. The number of aliphatic carboxylic acids is 1. The van der Waals surface area contributed by atoms with E-state index in [0.29, 0.717) is 11.6 Å². The molecule has 0 aliphatic heterocycles. The van der Waals surface area contributed by atoms with Gasteiger partial charge in [-0.2, -0.15) is 0 Å². The molecule has 0 saturated carbocycles. The zero-order valence-corrected chi connectivity index (χ0v) is 14.1. The van der Waals surface area contributed by atoms with E-state index in [9.17, 15) is 9.59 Å². The number of rotatable bonds is 9. The fourth-order valence-electron chi connectivity index (χ4n) is 2.08. The predicted octanol–water partition coefficient (Wildman–Crippen LogP) is 4.08. The molecule has 2 rings (SSSR count). The highest BCUT2D eigenvalue weighted by atomic mass is 32.1. The summed E-state index contributed by atoms with van der Waals surface area (Å²) in [5, 5.41) is 13.6. The number of hydrogen-bond donors (Lipinski definition) is 2. The Hall–Kier alpha value is -2.41. The molecule has 1 amide bonds. The van der Waals surface area contributed by atoms with Crippen LogP contribution in [0.15, 0.2) is 35.7 Å². The fraction of sp³-hybridized carbons (Fsp3) is 0.353. The first kappa shape index (κ1) is 17.9. The van der Waals surface area contributed by atoms with Gasteiger partial charge < -0.3 is 9.84 Å². The van der Waals surface area contributed by atoms with Gasteiger partial charge in [0.15, 0.2) is 5.13 Å². The number of nitrogens with one attached hydrogen (secondary N) is 1. The molecule has 0 saturated heterocycles. The second kappa shape index (κ2) is 9.67. The Bertz CT molecular complexity index is 658. The highest BCUT2D eigenvalue weighted by Crippen LogP contribution is 2.18. The highest BCUT2D eigenvalue weighted by Gasteiger charge is 2.08. The van der Waals surface area contributed by atoms with Crippen molar-refractivity contribution in [3.05, 3.63) is 47.0 Å². The van der Waals surface area contributed by atoms with Crippen LogP contribution in [0.2, 0.25) is 0 Å². The summed E-state index contributed by atoms with van der Waals surface area (Å²) in [6.45, 7) is 0.217. The minimum Gasteiger partial charge on any atom is -0.481 e. The average Bonchev–Trinajstić information content (AvgIpc) is 3.00. The second-order valence-corrected chi connectivity index (χ2v) is 6.14. The molecule has 0 atom stereocenters. The quantitative estimate of drug-likeness (QED) is 0.667.